The summed E-state index contributed by atoms with van der Waals surface area (Å²) in [5.74, 6) is 0. The average Bonchev–Trinajstić information content (AvgIpc) is 2.03. The summed E-state index contributed by atoms with van der Waals surface area (Å²) >= 11 is 0. The van der Waals surface area contributed by atoms with Crippen LogP contribution in [0.4, 0.5) is 0 Å². The third-order valence-electron chi connectivity index (χ3n) is 1.31. The Morgan fingerprint density at radius 3 is 2.31 bits per heavy atom. The minimum Gasteiger partial charge on any atom is -0.422 e. The highest BCUT2D eigenvalue weighted by atomic mass is 32.2. The first kappa shape index (κ1) is 10.2. The Hall–Kier alpha value is -0.885. The van der Waals surface area contributed by atoms with Gasteiger partial charge in [0.1, 0.15) is 0 Å². The third kappa shape index (κ3) is 3.56. The maximum atomic E-state index is 10.4. The summed E-state index contributed by atoms with van der Waals surface area (Å²) in [6, 6.07) is 8.06. The van der Waals surface area contributed by atoms with E-state index < -0.39 is 17.4 Å². The van der Waals surface area contributed by atoms with Crippen molar-refractivity contribution in [2.24, 2.45) is 5.14 Å². The number of rotatable bonds is 3. The molecular formula is C6H8BNO4S. The molecule has 7 heteroatoms. The molecule has 3 N–H and O–H groups in total. The van der Waals surface area contributed by atoms with Gasteiger partial charge in [-0.05, 0) is 5.46 Å². The van der Waals surface area contributed by atoms with Gasteiger partial charge in [0.05, 0.1) is 0 Å². The number of hydrogen-bond acceptors (Lipinski definition) is 4. The van der Waals surface area contributed by atoms with Crippen molar-refractivity contribution in [1.82, 2.24) is 0 Å². The summed E-state index contributed by atoms with van der Waals surface area (Å²) in [5, 5.41) is 13.7. The fraction of sp³-hybridized carbons (Fsp3) is 0. The van der Waals surface area contributed by atoms with Gasteiger partial charge in [0.2, 0.25) is 0 Å². The minimum absolute atomic E-state index is 0.330. The normalized spacial score (nSPS) is 11.2. The van der Waals surface area contributed by atoms with Crippen molar-refractivity contribution in [3.63, 3.8) is 0 Å². The van der Waals surface area contributed by atoms with E-state index in [-0.39, 0.29) is 0 Å². The second-order valence-electron chi connectivity index (χ2n) is 2.35. The predicted molar refractivity (Wildman–Crippen MR) is 48.2 cm³/mol. The van der Waals surface area contributed by atoms with E-state index in [1.165, 1.54) is 12.1 Å². The van der Waals surface area contributed by atoms with Gasteiger partial charge in [-0.1, -0.05) is 30.3 Å². The van der Waals surface area contributed by atoms with Crippen LogP contribution < -0.4 is 10.6 Å². The molecule has 0 aliphatic heterocycles. The standard InChI is InChI=1S/C6H8BNO4S/c8-13(10,11)12-7(9)6-4-2-1-3-5-6/h1-5,9H,(H2,8,10,11). The fourth-order valence-corrected chi connectivity index (χ4v) is 1.17. The molecule has 0 heterocycles. The predicted octanol–water partition coefficient (Wildman–Crippen LogP) is -1.41. The van der Waals surface area contributed by atoms with E-state index >= 15 is 0 Å². The van der Waals surface area contributed by atoms with Crippen LogP contribution >= 0.6 is 0 Å². The van der Waals surface area contributed by atoms with Crippen LogP contribution in [0.25, 0.3) is 0 Å². The summed E-state index contributed by atoms with van der Waals surface area (Å²) in [4.78, 5) is 0. The summed E-state index contributed by atoms with van der Waals surface area (Å²) in [5.41, 5.74) is 0.330. The van der Waals surface area contributed by atoms with Crippen LogP contribution in [0, 0.1) is 0 Å². The second-order valence-corrected chi connectivity index (χ2v) is 3.53. The quantitative estimate of drug-likeness (QED) is 0.588. The smallest absolute Gasteiger partial charge is 0.422 e. The molecule has 0 saturated heterocycles. The van der Waals surface area contributed by atoms with E-state index in [0.29, 0.717) is 5.46 Å². The van der Waals surface area contributed by atoms with Crippen molar-refractivity contribution in [1.29, 1.82) is 0 Å². The lowest BCUT2D eigenvalue weighted by atomic mass is 9.80. The van der Waals surface area contributed by atoms with Crippen molar-refractivity contribution in [3.05, 3.63) is 30.3 Å². The number of hydrogen-bond donors (Lipinski definition) is 2. The molecule has 0 radical (unpaired) electrons. The van der Waals surface area contributed by atoms with Crippen molar-refractivity contribution >= 4 is 22.9 Å². The molecule has 0 unspecified atom stereocenters. The molecule has 0 atom stereocenters. The molecule has 0 aromatic heterocycles. The van der Waals surface area contributed by atoms with Crippen molar-refractivity contribution in [2.45, 2.75) is 0 Å². The first-order valence-electron chi connectivity index (χ1n) is 3.43. The van der Waals surface area contributed by atoms with Gasteiger partial charge >= 0.3 is 17.4 Å². The minimum atomic E-state index is -4.12. The Balaban J connectivity index is 2.76. The molecular weight excluding hydrogens is 193 g/mol. The second kappa shape index (κ2) is 3.88. The third-order valence-corrected chi connectivity index (χ3v) is 1.76. The lowest BCUT2D eigenvalue weighted by Gasteiger charge is -2.04. The molecule has 1 aromatic rings. The highest BCUT2D eigenvalue weighted by molar-refractivity contribution is 7.85. The molecule has 0 fully saturated rings. The summed E-state index contributed by atoms with van der Waals surface area (Å²) in [7, 11) is -5.67. The van der Waals surface area contributed by atoms with Crippen LogP contribution in [0.15, 0.2) is 30.3 Å². The molecule has 70 valence electrons. The number of benzene rings is 1. The maximum Gasteiger partial charge on any atom is 0.508 e. The molecule has 0 bridgehead atoms. The van der Waals surface area contributed by atoms with Crippen molar-refractivity contribution < 1.29 is 17.5 Å². The zero-order chi connectivity index (χ0) is 9.90. The van der Waals surface area contributed by atoms with Gasteiger partial charge in [-0.2, -0.15) is 8.42 Å². The summed E-state index contributed by atoms with van der Waals surface area (Å²) in [6.07, 6.45) is 0. The SMILES string of the molecule is NS(=O)(=O)OB(O)c1ccccc1. The highest BCUT2D eigenvalue weighted by Crippen LogP contribution is 1.90. The van der Waals surface area contributed by atoms with Gasteiger partial charge in [0.25, 0.3) is 0 Å². The van der Waals surface area contributed by atoms with Gasteiger partial charge in [0, 0.05) is 0 Å². The molecule has 0 aliphatic carbocycles. The molecule has 5 nitrogen and oxygen atoms in total. The van der Waals surface area contributed by atoms with E-state index in [2.05, 4.69) is 9.24 Å². The molecule has 0 saturated carbocycles. The van der Waals surface area contributed by atoms with Crippen LogP contribution in [0.2, 0.25) is 0 Å². The lowest BCUT2D eigenvalue weighted by molar-refractivity contribution is 0.420. The van der Waals surface area contributed by atoms with Gasteiger partial charge in [-0.15, -0.1) is 0 Å². The maximum absolute atomic E-state index is 10.4. The Morgan fingerprint density at radius 1 is 1.31 bits per heavy atom. The van der Waals surface area contributed by atoms with Gasteiger partial charge in [-0.25, -0.2) is 5.14 Å². The van der Waals surface area contributed by atoms with Crippen molar-refractivity contribution in [2.75, 3.05) is 0 Å². The first-order valence-corrected chi connectivity index (χ1v) is 4.90. The summed E-state index contributed by atoms with van der Waals surface area (Å²) < 4.78 is 25.0. The Bertz CT molecular complexity index is 365. The Kier molecular flexibility index (Phi) is 3.05. The van der Waals surface area contributed by atoms with E-state index in [4.69, 9.17) is 0 Å². The highest BCUT2D eigenvalue weighted by Gasteiger charge is 2.21. The van der Waals surface area contributed by atoms with E-state index in [0.717, 1.165) is 0 Å². The van der Waals surface area contributed by atoms with E-state index in [9.17, 15) is 13.4 Å². The zero-order valence-corrected chi connectivity index (χ0v) is 7.44. The van der Waals surface area contributed by atoms with E-state index in [1.54, 1.807) is 18.2 Å². The van der Waals surface area contributed by atoms with Crippen LogP contribution in [0.5, 0.6) is 0 Å². The fourth-order valence-electron chi connectivity index (χ4n) is 0.800. The van der Waals surface area contributed by atoms with Gasteiger partial charge in [-0.3, -0.25) is 4.10 Å². The van der Waals surface area contributed by atoms with Gasteiger partial charge in [0.15, 0.2) is 0 Å². The Labute approximate surface area is 76.5 Å². The van der Waals surface area contributed by atoms with E-state index in [1.807, 2.05) is 0 Å². The van der Waals surface area contributed by atoms with Crippen LogP contribution in [-0.4, -0.2) is 20.6 Å². The topological polar surface area (TPSA) is 89.6 Å². The van der Waals surface area contributed by atoms with Crippen LogP contribution in [0.3, 0.4) is 0 Å². The molecule has 0 spiro atoms. The van der Waals surface area contributed by atoms with Crippen LogP contribution in [-0.2, 0) is 14.4 Å². The molecule has 0 aliphatic rings. The van der Waals surface area contributed by atoms with Crippen molar-refractivity contribution in [3.8, 4) is 0 Å². The molecule has 1 aromatic carbocycles. The monoisotopic (exact) mass is 201 g/mol. The molecule has 0 amide bonds. The molecule has 1 rings (SSSR count). The summed E-state index contributed by atoms with van der Waals surface area (Å²) in [6.45, 7) is 0. The van der Waals surface area contributed by atoms with Gasteiger partial charge < -0.3 is 5.02 Å². The number of nitrogens with two attached hydrogens (primary N) is 1. The first-order chi connectivity index (χ1) is 5.99. The Morgan fingerprint density at radius 2 is 1.85 bits per heavy atom. The largest absolute Gasteiger partial charge is 0.508 e. The lowest BCUT2D eigenvalue weighted by Crippen LogP contribution is -2.37. The molecule has 13 heavy (non-hydrogen) atoms. The zero-order valence-electron chi connectivity index (χ0n) is 6.62. The average molecular weight is 201 g/mol. The van der Waals surface area contributed by atoms with Crippen LogP contribution in [0.1, 0.15) is 0 Å².